The van der Waals surface area contributed by atoms with E-state index in [9.17, 15) is 19.0 Å². The maximum atomic E-state index is 12.8. The molecule has 82 heavy (non-hydrogen) atoms. The third-order valence-electron chi connectivity index (χ3n) is 16.3. The minimum Gasteiger partial charge on any atom is -0.462 e. The monoisotopic (exact) mass is 1180 g/mol. The summed E-state index contributed by atoms with van der Waals surface area (Å²) >= 11 is 0. The van der Waals surface area contributed by atoms with Gasteiger partial charge in [0.25, 0.3) is 0 Å². The second-order valence-electron chi connectivity index (χ2n) is 24.5. The molecule has 0 amide bonds. The van der Waals surface area contributed by atoms with Crippen molar-refractivity contribution in [2.75, 3.05) is 26.4 Å². The second kappa shape index (κ2) is 68.3. The summed E-state index contributed by atoms with van der Waals surface area (Å²) in [6, 6.07) is 0. The molecule has 2 atom stereocenters. The molecule has 9 nitrogen and oxygen atoms in total. The molecule has 0 aromatic heterocycles. The highest BCUT2D eigenvalue weighted by atomic mass is 31.2. The molecule has 0 bridgehead atoms. The largest absolute Gasteiger partial charge is 0.472 e. The lowest BCUT2D eigenvalue weighted by molar-refractivity contribution is -0.161. The van der Waals surface area contributed by atoms with Gasteiger partial charge < -0.3 is 20.1 Å². The van der Waals surface area contributed by atoms with Crippen molar-refractivity contribution in [3.63, 3.8) is 0 Å². The summed E-state index contributed by atoms with van der Waals surface area (Å²) in [6.45, 7) is 3.81. The molecule has 0 aromatic rings. The smallest absolute Gasteiger partial charge is 0.462 e. The number of phosphoric ester groups is 1. The molecule has 0 rings (SSSR count). The number of unbranched alkanes of at least 4 members (excludes halogenated alkanes) is 50. The van der Waals surface area contributed by atoms with Crippen molar-refractivity contribution in [3.05, 3.63) is 36.5 Å². The normalized spacial score (nSPS) is 13.1. The Hall–Kier alpha value is -1.77. The molecule has 10 heteroatoms. The molecule has 0 aromatic carbocycles. The fraction of sp³-hybridized carbons (Fsp3) is 0.889. The molecule has 2 unspecified atom stereocenters. The lowest BCUT2D eigenvalue weighted by Crippen LogP contribution is -2.29. The van der Waals surface area contributed by atoms with Crippen LogP contribution in [0, 0.1) is 0 Å². The molecule has 0 radical (unpaired) electrons. The van der Waals surface area contributed by atoms with Crippen LogP contribution < -0.4 is 5.73 Å². The average molecular weight is 1180 g/mol. The fourth-order valence-electron chi connectivity index (χ4n) is 10.9. The molecule has 0 spiro atoms. The molecule has 484 valence electrons. The zero-order valence-electron chi connectivity index (χ0n) is 54.5. The van der Waals surface area contributed by atoms with Crippen molar-refractivity contribution in [2.45, 2.75) is 386 Å². The Bertz CT molecular complexity index is 1440. The van der Waals surface area contributed by atoms with Gasteiger partial charge in [-0.25, -0.2) is 4.57 Å². The van der Waals surface area contributed by atoms with E-state index in [1.165, 1.54) is 302 Å². The highest BCUT2D eigenvalue weighted by Gasteiger charge is 2.26. The van der Waals surface area contributed by atoms with E-state index in [0.29, 0.717) is 6.42 Å². The number of phosphoric acid groups is 1. The Kier molecular flexibility index (Phi) is 66.9. The summed E-state index contributed by atoms with van der Waals surface area (Å²) in [4.78, 5) is 35.4. The number of carbonyl (C=O) groups is 2. The SMILES string of the molecule is CCCCCCC/C=C\C/C=C\C/C=C\CCCCCCCCCCCCCCCCCCCCC(=O)OC(COC(=O)CCCCCCCCCCCCCCCCCCCCCCCCCCCCCC)COP(=O)(O)OCCN. The predicted molar refractivity (Wildman–Crippen MR) is 354 cm³/mol. The average Bonchev–Trinajstić information content (AvgIpc) is 3.47. The lowest BCUT2D eigenvalue weighted by atomic mass is 10.0. The highest BCUT2D eigenvalue weighted by Crippen LogP contribution is 2.43. The molecule has 0 aliphatic carbocycles. The number of esters is 2. The second-order valence-corrected chi connectivity index (χ2v) is 25.9. The van der Waals surface area contributed by atoms with Crippen LogP contribution in [0.1, 0.15) is 380 Å². The molecule has 0 aliphatic heterocycles. The Morgan fingerprint density at radius 3 is 0.939 bits per heavy atom. The third kappa shape index (κ3) is 67.4. The number of allylic oxidation sites excluding steroid dienone is 6. The first-order valence-electron chi connectivity index (χ1n) is 36.0. The van der Waals surface area contributed by atoms with E-state index >= 15 is 0 Å². The molecular formula is C72H138NO8P. The number of ether oxygens (including phenoxy) is 2. The van der Waals surface area contributed by atoms with E-state index in [2.05, 4.69) is 50.3 Å². The summed E-state index contributed by atoms with van der Waals surface area (Å²) in [5, 5.41) is 0. The van der Waals surface area contributed by atoms with Crippen molar-refractivity contribution >= 4 is 19.8 Å². The van der Waals surface area contributed by atoms with Crippen LogP contribution in [0.15, 0.2) is 36.5 Å². The first-order valence-corrected chi connectivity index (χ1v) is 37.5. The van der Waals surface area contributed by atoms with Crippen molar-refractivity contribution in [1.82, 2.24) is 0 Å². The molecular weight excluding hydrogens is 1040 g/mol. The van der Waals surface area contributed by atoms with Crippen LogP contribution in [0.25, 0.3) is 0 Å². The summed E-state index contributed by atoms with van der Waals surface area (Å²) < 4.78 is 33.2. The molecule has 0 saturated carbocycles. The van der Waals surface area contributed by atoms with Gasteiger partial charge >= 0.3 is 19.8 Å². The highest BCUT2D eigenvalue weighted by molar-refractivity contribution is 7.47. The van der Waals surface area contributed by atoms with Gasteiger partial charge in [0.1, 0.15) is 6.61 Å². The van der Waals surface area contributed by atoms with Gasteiger partial charge in [-0.15, -0.1) is 0 Å². The molecule has 3 N–H and O–H groups in total. The van der Waals surface area contributed by atoms with Crippen LogP contribution >= 0.6 is 7.82 Å². The Morgan fingerprint density at radius 2 is 0.634 bits per heavy atom. The van der Waals surface area contributed by atoms with E-state index in [4.69, 9.17) is 24.3 Å². The lowest BCUT2D eigenvalue weighted by Gasteiger charge is -2.19. The summed E-state index contributed by atoms with van der Waals surface area (Å²) in [5.41, 5.74) is 5.41. The van der Waals surface area contributed by atoms with E-state index in [0.717, 1.165) is 44.9 Å². The van der Waals surface area contributed by atoms with Crippen LogP contribution in [0.3, 0.4) is 0 Å². The fourth-order valence-corrected chi connectivity index (χ4v) is 11.7. The minimum absolute atomic E-state index is 0.0562. The summed E-state index contributed by atoms with van der Waals surface area (Å²) in [5.74, 6) is -0.804. The van der Waals surface area contributed by atoms with E-state index in [1.54, 1.807) is 0 Å². The van der Waals surface area contributed by atoms with Crippen molar-refractivity contribution < 1.29 is 37.6 Å². The van der Waals surface area contributed by atoms with Gasteiger partial charge in [0, 0.05) is 19.4 Å². The Morgan fingerprint density at radius 1 is 0.366 bits per heavy atom. The van der Waals surface area contributed by atoms with Crippen LogP contribution in [-0.4, -0.2) is 49.3 Å². The van der Waals surface area contributed by atoms with Gasteiger partial charge in [0.15, 0.2) is 6.10 Å². The first-order chi connectivity index (χ1) is 40.3. The number of hydrogen-bond donors (Lipinski definition) is 2. The van der Waals surface area contributed by atoms with E-state index in [-0.39, 0.29) is 38.6 Å². The summed E-state index contributed by atoms with van der Waals surface area (Å²) in [7, 11) is -4.39. The predicted octanol–water partition coefficient (Wildman–Crippen LogP) is 23.5. The number of nitrogens with two attached hydrogens (primary N) is 1. The standard InChI is InChI=1S/C72H138NO8P/c1-3-5-7-9-11-13-15-17-19-21-23-25-27-29-31-33-34-35-36-37-39-41-43-45-47-49-51-53-55-57-59-61-63-65-72(75)81-70(69-80-82(76,77)79-67-66-73)68-78-71(74)64-62-60-58-56-54-52-50-48-46-44-42-40-38-32-30-28-26-24-22-20-18-16-14-12-10-8-6-4-2/h15,17,21,23,27,29,70H,3-14,16,18-20,22,24-26,28,30-69,73H2,1-2H3,(H,76,77)/b17-15-,23-21-,29-27-. The summed E-state index contributed by atoms with van der Waals surface area (Å²) in [6.07, 6.45) is 85.4. The number of carbonyl (C=O) groups excluding carboxylic acids is 2. The topological polar surface area (TPSA) is 134 Å². The molecule has 0 heterocycles. The van der Waals surface area contributed by atoms with E-state index in [1.807, 2.05) is 0 Å². The molecule has 0 aliphatic rings. The quantitative estimate of drug-likeness (QED) is 0.0264. The van der Waals surface area contributed by atoms with Gasteiger partial charge in [-0.05, 0) is 51.4 Å². The number of rotatable bonds is 69. The maximum absolute atomic E-state index is 12.8. The molecule has 0 saturated heterocycles. The van der Waals surface area contributed by atoms with Crippen molar-refractivity contribution in [1.29, 1.82) is 0 Å². The van der Waals surface area contributed by atoms with Crippen LogP contribution in [0.5, 0.6) is 0 Å². The third-order valence-corrected chi connectivity index (χ3v) is 17.3. The zero-order valence-corrected chi connectivity index (χ0v) is 55.4. The van der Waals surface area contributed by atoms with Gasteiger partial charge in [-0.1, -0.05) is 352 Å². The van der Waals surface area contributed by atoms with Gasteiger partial charge in [0.05, 0.1) is 13.2 Å². The van der Waals surface area contributed by atoms with Crippen LogP contribution in [0.4, 0.5) is 0 Å². The van der Waals surface area contributed by atoms with Crippen molar-refractivity contribution in [2.24, 2.45) is 5.73 Å². The van der Waals surface area contributed by atoms with Crippen LogP contribution in [0.2, 0.25) is 0 Å². The number of hydrogen-bond acceptors (Lipinski definition) is 8. The van der Waals surface area contributed by atoms with Crippen molar-refractivity contribution in [3.8, 4) is 0 Å². The Labute approximate surface area is 509 Å². The van der Waals surface area contributed by atoms with Gasteiger partial charge in [-0.3, -0.25) is 18.6 Å². The first kappa shape index (κ1) is 80.2. The van der Waals surface area contributed by atoms with Crippen LogP contribution in [-0.2, 0) is 32.7 Å². The van der Waals surface area contributed by atoms with Gasteiger partial charge in [-0.2, -0.15) is 0 Å². The molecule has 0 fully saturated rings. The minimum atomic E-state index is -4.39. The zero-order chi connectivity index (χ0) is 59.4. The maximum Gasteiger partial charge on any atom is 0.472 e. The van der Waals surface area contributed by atoms with Gasteiger partial charge in [0.2, 0.25) is 0 Å². The van der Waals surface area contributed by atoms with E-state index < -0.39 is 26.5 Å². The Balaban J connectivity index is 3.81.